The maximum atomic E-state index is 11.9. The van der Waals surface area contributed by atoms with Gasteiger partial charge in [-0.05, 0) is 24.0 Å². The molecule has 0 aromatic heterocycles. The predicted octanol–water partition coefficient (Wildman–Crippen LogP) is 1.43. The van der Waals surface area contributed by atoms with E-state index in [0.29, 0.717) is 12.0 Å². The van der Waals surface area contributed by atoms with Crippen molar-refractivity contribution < 1.29 is 24.4 Å². The summed E-state index contributed by atoms with van der Waals surface area (Å²) in [4.78, 5) is 27.1. The maximum Gasteiger partial charge on any atom is 0.314 e. The van der Waals surface area contributed by atoms with E-state index in [1.165, 1.54) is 33.4 Å². The highest BCUT2D eigenvalue weighted by Crippen LogP contribution is 2.51. The molecule has 0 saturated heterocycles. The van der Waals surface area contributed by atoms with Crippen LogP contribution in [0.2, 0.25) is 0 Å². The first-order valence-electron chi connectivity index (χ1n) is 6.27. The second kappa shape index (κ2) is 5.57. The molecule has 8 heteroatoms. The molecule has 0 spiro atoms. The van der Waals surface area contributed by atoms with Crippen LogP contribution < -0.4 is 4.74 Å². The van der Waals surface area contributed by atoms with Crippen LogP contribution in [0, 0.1) is 16.0 Å². The van der Waals surface area contributed by atoms with E-state index in [1.54, 1.807) is 0 Å². The van der Waals surface area contributed by atoms with Crippen molar-refractivity contribution in [3.63, 3.8) is 0 Å². The number of amides is 1. The Kier molecular flexibility index (Phi) is 3.99. The molecule has 21 heavy (non-hydrogen) atoms. The number of nitrogens with zero attached hydrogens (tertiary/aromatic N) is 2. The van der Waals surface area contributed by atoms with Crippen molar-refractivity contribution in [3.05, 3.63) is 27.8 Å². The van der Waals surface area contributed by atoms with Gasteiger partial charge in [-0.1, -0.05) is 0 Å². The van der Waals surface area contributed by atoms with Gasteiger partial charge in [0.2, 0.25) is 11.7 Å². The van der Waals surface area contributed by atoms with Crippen LogP contribution in [0.1, 0.15) is 17.9 Å². The van der Waals surface area contributed by atoms with Gasteiger partial charge in [-0.25, -0.2) is 5.06 Å². The van der Waals surface area contributed by atoms with Gasteiger partial charge in [0.25, 0.3) is 0 Å². The molecule has 1 amide bonds. The zero-order chi connectivity index (χ0) is 15.7. The molecule has 0 heterocycles. The molecule has 2 atom stereocenters. The molecule has 1 N–H and O–H groups in total. The number of carbonyl (C=O) groups excluding carboxylic acids is 1. The molecule has 1 fully saturated rings. The average Bonchev–Trinajstić information content (AvgIpc) is 3.25. The molecule has 1 aromatic carbocycles. The van der Waals surface area contributed by atoms with Crippen LogP contribution in [0.3, 0.4) is 0 Å². The van der Waals surface area contributed by atoms with Crippen molar-refractivity contribution in [2.24, 2.45) is 5.92 Å². The quantitative estimate of drug-likeness (QED) is 0.651. The molecule has 0 aliphatic heterocycles. The van der Waals surface area contributed by atoms with E-state index in [-0.39, 0.29) is 23.5 Å². The number of benzene rings is 1. The van der Waals surface area contributed by atoms with Gasteiger partial charge in [-0.2, -0.15) is 0 Å². The highest BCUT2D eigenvalue weighted by atomic mass is 16.7. The van der Waals surface area contributed by atoms with Crippen LogP contribution in [0.5, 0.6) is 11.5 Å². The van der Waals surface area contributed by atoms with Crippen LogP contribution in [-0.2, 0) is 9.63 Å². The Morgan fingerprint density at radius 1 is 1.48 bits per heavy atom. The topological polar surface area (TPSA) is 102 Å². The Balaban J connectivity index is 2.28. The standard InChI is InChI=1S/C13H16N2O6/c1-14(21-3)13(17)9-6-8(9)7-4-10(15(18)19)12(16)11(5-7)20-2/h4-5,8-9,16H,6H2,1-3H3. The van der Waals surface area contributed by atoms with Crippen molar-refractivity contribution in [2.45, 2.75) is 12.3 Å². The lowest BCUT2D eigenvalue weighted by atomic mass is 10.1. The van der Waals surface area contributed by atoms with E-state index in [9.17, 15) is 20.0 Å². The number of methoxy groups -OCH3 is 1. The predicted molar refractivity (Wildman–Crippen MR) is 71.9 cm³/mol. The van der Waals surface area contributed by atoms with E-state index in [0.717, 1.165) is 5.06 Å². The fourth-order valence-electron chi connectivity index (χ4n) is 2.28. The number of nitro groups is 1. The Hall–Kier alpha value is -2.35. The summed E-state index contributed by atoms with van der Waals surface area (Å²) in [6.07, 6.45) is 0.581. The maximum absolute atomic E-state index is 11.9. The monoisotopic (exact) mass is 296 g/mol. The molecule has 114 valence electrons. The van der Waals surface area contributed by atoms with Gasteiger partial charge in [0.1, 0.15) is 0 Å². The van der Waals surface area contributed by atoms with Gasteiger partial charge < -0.3 is 9.84 Å². The number of phenolic OH excluding ortho intramolecular Hbond substituents is 1. The average molecular weight is 296 g/mol. The third kappa shape index (κ3) is 2.75. The van der Waals surface area contributed by atoms with Crippen molar-refractivity contribution in [1.29, 1.82) is 0 Å². The lowest BCUT2D eigenvalue weighted by Crippen LogP contribution is -2.27. The normalized spacial score (nSPS) is 20.0. The molecule has 1 aliphatic carbocycles. The van der Waals surface area contributed by atoms with Gasteiger partial charge in [0.15, 0.2) is 5.75 Å². The SMILES string of the molecule is COc1cc(C2CC2C(=O)N(C)OC)cc([N+](=O)[O-])c1O. The lowest BCUT2D eigenvalue weighted by Gasteiger charge is -2.13. The van der Waals surface area contributed by atoms with Crippen LogP contribution in [-0.4, -0.2) is 42.3 Å². The highest BCUT2D eigenvalue weighted by Gasteiger charge is 2.46. The third-order valence-corrected chi connectivity index (χ3v) is 3.61. The highest BCUT2D eigenvalue weighted by molar-refractivity contribution is 5.82. The summed E-state index contributed by atoms with van der Waals surface area (Å²) in [5, 5.41) is 21.8. The van der Waals surface area contributed by atoms with Gasteiger partial charge >= 0.3 is 5.69 Å². The second-order valence-corrected chi connectivity index (χ2v) is 4.81. The number of hydrogen-bond donors (Lipinski definition) is 1. The number of nitro benzene ring substituents is 1. The molecule has 0 bridgehead atoms. The molecular formula is C13H16N2O6. The van der Waals surface area contributed by atoms with E-state index in [1.807, 2.05) is 0 Å². The molecule has 1 aliphatic rings. The summed E-state index contributed by atoms with van der Waals surface area (Å²) in [6.45, 7) is 0. The molecule has 0 radical (unpaired) electrons. The van der Waals surface area contributed by atoms with Crippen molar-refractivity contribution in [3.8, 4) is 11.5 Å². The second-order valence-electron chi connectivity index (χ2n) is 4.81. The van der Waals surface area contributed by atoms with Gasteiger partial charge in [0, 0.05) is 19.0 Å². The fourth-order valence-corrected chi connectivity index (χ4v) is 2.28. The number of hydroxylamine groups is 2. The van der Waals surface area contributed by atoms with E-state index in [2.05, 4.69) is 0 Å². The van der Waals surface area contributed by atoms with E-state index in [4.69, 9.17) is 9.57 Å². The Bertz CT molecular complexity index is 588. The van der Waals surface area contributed by atoms with Crippen molar-refractivity contribution in [2.75, 3.05) is 21.3 Å². The fraction of sp³-hybridized carbons (Fsp3) is 0.462. The summed E-state index contributed by atoms with van der Waals surface area (Å²) < 4.78 is 4.94. The van der Waals surface area contributed by atoms with Gasteiger partial charge in [-0.3, -0.25) is 19.7 Å². The number of carbonyl (C=O) groups is 1. The third-order valence-electron chi connectivity index (χ3n) is 3.61. The summed E-state index contributed by atoms with van der Waals surface area (Å²) in [7, 11) is 4.22. The van der Waals surface area contributed by atoms with Crippen LogP contribution in [0.15, 0.2) is 12.1 Å². The Labute approximate surface area is 121 Å². The van der Waals surface area contributed by atoms with E-state index < -0.39 is 16.4 Å². The zero-order valence-corrected chi connectivity index (χ0v) is 11.9. The Morgan fingerprint density at radius 2 is 2.14 bits per heavy atom. The molecule has 1 saturated carbocycles. The number of phenols is 1. The molecule has 1 aromatic rings. The Morgan fingerprint density at radius 3 is 2.67 bits per heavy atom. The number of ether oxygens (including phenoxy) is 1. The molecule has 8 nitrogen and oxygen atoms in total. The minimum atomic E-state index is -0.679. The van der Waals surface area contributed by atoms with Gasteiger partial charge in [-0.15, -0.1) is 0 Å². The van der Waals surface area contributed by atoms with Crippen molar-refractivity contribution in [1.82, 2.24) is 5.06 Å². The molecular weight excluding hydrogens is 280 g/mol. The smallest absolute Gasteiger partial charge is 0.314 e. The minimum Gasteiger partial charge on any atom is -0.500 e. The summed E-state index contributed by atoms with van der Waals surface area (Å²) in [6, 6.07) is 2.80. The molecule has 2 rings (SSSR count). The van der Waals surface area contributed by atoms with Crippen molar-refractivity contribution >= 4 is 11.6 Å². The van der Waals surface area contributed by atoms with Crippen LogP contribution in [0.25, 0.3) is 0 Å². The number of aromatic hydroxyl groups is 1. The van der Waals surface area contributed by atoms with Crippen LogP contribution in [0.4, 0.5) is 5.69 Å². The van der Waals surface area contributed by atoms with Crippen LogP contribution >= 0.6 is 0 Å². The summed E-state index contributed by atoms with van der Waals surface area (Å²) >= 11 is 0. The van der Waals surface area contributed by atoms with E-state index >= 15 is 0 Å². The number of rotatable bonds is 5. The lowest BCUT2D eigenvalue weighted by molar-refractivity contribution is -0.386. The minimum absolute atomic E-state index is 0.0254. The first-order valence-corrected chi connectivity index (χ1v) is 6.27. The summed E-state index contributed by atoms with van der Waals surface area (Å²) in [5.41, 5.74) is 0.168. The number of hydrogen-bond acceptors (Lipinski definition) is 6. The molecule has 2 unspecified atom stereocenters. The summed E-state index contributed by atoms with van der Waals surface area (Å²) in [5.74, 6) is -1.08. The first-order chi connectivity index (χ1) is 9.90. The zero-order valence-electron chi connectivity index (χ0n) is 11.9. The van der Waals surface area contributed by atoms with Gasteiger partial charge in [0.05, 0.1) is 19.1 Å². The largest absolute Gasteiger partial charge is 0.500 e. The first kappa shape index (κ1) is 15.0.